The Hall–Kier alpha value is -1.35. The van der Waals surface area contributed by atoms with Crippen LogP contribution in [0.2, 0.25) is 0 Å². The molecular weight excluding hydrogens is 190 g/mol. The number of aryl methyl sites for hydroxylation is 1. The standard InChI is InChI=1S/C12H17NO2/c1-8-7-10(15-4)5-6-11(8)12(14)9(2)13-3/h5-7,9,13H,1-4H3. The van der Waals surface area contributed by atoms with Crippen molar-refractivity contribution in [2.75, 3.05) is 14.2 Å². The van der Waals surface area contributed by atoms with Crippen LogP contribution < -0.4 is 10.1 Å². The van der Waals surface area contributed by atoms with Crippen molar-refractivity contribution < 1.29 is 9.53 Å². The highest BCUT2D eigenvalue weighted by Gasteiger charge is 2.15. The van der Waals surface area contributed by atoms with Crippen LogP contribution >= 0.6 is 0 Å². The van der Waals surface area contributed by atoms with E-state index in [9.17, 15) is 4.79 Å². The van der Waals surface area contributed by atoms with Gasteiger partial charge in [-0.05, 0) is 44.7 Å². The Morgan fingerprint density at radius 3 is 2.60 bits per heavy atom. The number of Topliss-reactive ketones (excluding diaryl/α,β-unsaturated/α-hetero) is 1. The van der Waals surface area contributed by atoms with Gasteiger partial charge in [0.2, 0.25) is 0 Å². The SMILES string of the molecule is CNC(C)C(=O)c1ccc(OC)cc1C. The summed E-state index contributed by atoms with van der Waals surface area (Å²) in [5, 5.41) is 2.94. The van der Waals surface area contributed by atoms with Crippen LogP contribution in [0.15, 0.2) is 18.2 Å². The van der Waals surface area contributed by atoms with Gasteiger partial charge >= 0.3 is 0 Å². The van der Waals surface area contributed by atoms with Crippen LogP contribution in [-0.4, -0.2) is 26.0 Å². The number of benzene rings is 1. The molecule has 1 N–H and O–H groups in total. The quantitative estimate of drug-likeness (QED) is 0.765. The summed E-state index contributed by atoms with van der Waals surface area (Å²) < 4.78 is 5.09. The van der Waals surface area contributed by atoms with Crippen LogP contribution in [-0.2, 0) is 0 Å². The van der Waals surface area contributed by atoms with Gasteiger partial charge in [-0.2, -0.15) is 0 Å². The molecule has 3 heteroatoms. The molecule has 1 aromatic rings. The molecule has 15 heavy (non-hydrogen) atoms. The molecule has 0 heterocycles. The van der Waals surface area contributed by atoms with Crippen LogP contribution in [0.1, 0.15) is 22.8 Å². The molecule has 0 fully saturated rings. The third-order valence-electron chi connectivity index (χ3n) is 2.53. The van der Waals surface area contributed by atoms with Crippen molar-refractivity contribution in [3.63, 3.8) is 0 Å². The van der Waals surface area contributed by atoms with Crippen LogP contribution in [0, 0.1) is 6.92 Å². The van der Waals surface area contributed by atoms with E-state index in [0.717, 1.165) is 16.9 Å². The van der Waals surface area contributed by atoms with Crippen molar-refractivity contribution in [3.8, 4) is 5.75 Å². The molecule has 0 radical (unpaired) electrons. The van der Waals surface area contributed by atoms with Crippen LogP contribution in [0.5, 0.6) is 5.75 Å². The first-order chi connectivity index (χ1) is 7.10. The molecule has 1 rings (SSSR count). The van der Waals surface area contributed by atoms with Crippen LogP contribution in [0.25, 0.3) is 0 Å². The Kier molecular flexibility index (Phi) is 3.86. The number of hydrogen-bond donors (Lipinski definition) is 1. The van der Waals surface area contributed by atoms with Gasteiger partial charge in [-0.3, -0.25) is 4.79 Å². The summed E-state index contributed by atoms with van der Waals surface area (Å²) in [6, 6.07) is 5.33. The fourth-order valence-electron chi connectivity index (χ4n) is 1.40. The average molecular weight is 207 g/mol. The Bertz CT molecular complexity index is 361. The number of hydrogen-bond acceptors (Lipinski definition) is 3. The second kappa shape index (κ2) is 4.94. The highest BCUT2D eigenvalue weighted by molar-refractivity contribution is 6.01. The lowest BCUT2D eigenvalue weighted by atomic mass is 10.0. The zero-order chi connectivity index (χ0) is 11.4. The summed E-state index contributed by atoms with van der Waals surface area (Å²) in [5.41, 5.74) is 1.69. The van der Waals surface area contributed by atoms with Crippen LogP contribution in [0.3, 0.4) is 0 Å². The van der Waals surface area contributed by atoms with E-state index in [1.165, 1.54) is 0 Å². The molecule has 1 unspecified atom stereocenters. The van der Waals surface area contributed by atoms with Gasteiger partial charge in [0, 0.05) is 5.56 Å². The van der Waals surface area contributed by atoms with E-state index in [4.69, 9.17) is 4.74 Å². The molecule has 82 valence electrons. The molecule has 0 aliphatic carbocycles. The third-order valence-corrected chi connectivity index (χ3v) is 2.53. The maximum atomic E-state index is 11.9. The maximum Gasteiger partial charge on any atom is 0.179 e. The minimum atomic E-state index is -0.155. The Balaban J connectivity index is 3.00. The molecule has 0 spiro atoms. The van der Waals surface area contributed by atoms with Crippen molar-refractivity contribution >= 4 is 5.78 Å². The van der Waals surface area contributed by atoms with E-state index in [1.807, 2.05) is 32.0 Å². The molecule has 0 aliphatic heterocycles. The van der Waals surface area contributed by atoms with Crippen molar-refractivity contribution in [1.82, 2.24) is 5.32 Å². The number of carbonyl (C=O) groups is 1. The lowest BCUT2D eigenvalue weighted by Gasteiger charge is -2.11. The van der Waals surface area contributed by atoms with E-state index < -0.39 is 0 Å². The molecular formula is C12H17NO2. The summed E-state index contributed by atoms with van der Waals surface area (Å²) in [4.78, 5) is 11.9. The molecule has 1 atom stereocenters. The third kappa shape index (κ3) is 2.57. The number of rotatable bonds is 4. The van der Waals surface area contributed by atoms with Crippen molar-refractivity contribution in [3.05, 3.63) is 29.3 Å². The molecule has 0 saturated carbocycles. The monoisotopic (exact) mass is 207 g/mol. The van der Waals surface area contributed by atoms with Gasteiger partial charge in [-0.15, -0.1) is 0 Å². The highest BCUT2D eigenvalue weighted by atomic mass is 16.5. The van der Waals surface area contributed by atoms with Gasteiger partial charge in [-0.1, -0.05) is 0 Å². The van der Waals surface area contributed by atoms with Gasteiger partial charge in [0.1, 0.15) is 5.75 Å². The number of carbonyl (C=O) groups excluding carboxylic acids is 1. The Morgan fingerprint density at radius 1 is 1.47 bits per heavy atom. The predicted octanol–water partition coefficient (Wildman–Crippen LogP) is 1.79. The first-order valence-corrected chi connectivity index (χ1v) is 4.96. The van der Waals surface area contributed by atoms with Crippen molar-refractivity contribution in [1.29, 1.82) is 0 Å². The number of nitrogens with one attached hydrogen (secondary N) is 1. The molecule has 0 aromatic heterocycles. The topological polar surface area (TPSA) is 38.3 Å². The Labute approximate surface area is 90.4 Å². The molecule has 0 amide bonds. The van der Waals surface area contributed by atoms with Gasteiger partial charge in [-0.25, -0.2) is 0 Å². The summed E-state index contributed by atoms with van der Waals surface area (Å²) >= 11 is 0. The minimum absolute atomic E-state index is 0.109. The summed E-state index contributed by atoms with van der Waals surface area (Å²) in [5.74, 6) is 0.888. The maximum absolute atomic E-state index is 11.9. The first kappa shape index (κ1) is 11.7. The summed E-state index contributed by atoms with van der Waals surface area (Å²) in [7, 11) is 3.40. The lowest BCUT2D eigenvalue weighted by Crippen LogP contribution is -2.31. The smallest absolute Gasteiger partial charge is 0.179 e. The first-order valence-electron chi connectivity index (χ1n) is 4.96. The molecule has 1 aromatic carbocycles. The largest absolute Gasteiger partial charge is 0.497 e. The van der Waals surface area contributed by atoms with E-state index in [0.29, 0.717) is 0 Å². The number of methoxy groups -OCH3 is 1. The molecule has 3 nitrogen and oxygen atoms in total. The van der Waals surface area contributed by atoms with E-state index >= 15 is 0 Å². The number of ether oxygens (including phenoxy) is 1. The minimum Gasteiger partial charge on any atom is -0.497 e. The molecule has 0 saturated heterocycles. The fourth-order valence-corrected chi connectivity index (χ4v) is 1.40. The van der Waals surface area contributed by atoms with Gasteiger partial charge < -0.3 is 10.1 Å². The fraction of sp³-hybridized carbons (Fsp3) is 0.417. The van der Waals surface area contributed by atoms with Gasteiger partial charge in [0.25, 0.3) is 0 Å². The highest BCUT2D eigenvalue weighted by Crippen LogP contribution is 2.18. The summed E-state index contributed by atoms with van der Waals surface area (Å²) in [6.45, 7) is 3.77. The van der Waals surface area contributed by atoms with E-state index in [2.05, 4.69) is 5.32 Å². The number of likely N-dealkylation sites (N-methyl/N-ethyl adjacent to an activating group) is 1. The lowest BCUT2D eigenvalue weighted by molar-refractivity contribution is 0.0954. The second-order valence-corrected chi connectivity index (χ2v) is 3.56. The average Bonchev–Trinajstić information content (AvgIpc) is 2.26. The van der Waals surface area contributed by atoms with E-state index in [1.54, 1.807) is 14.2 Å². The van der Waals surface area contributed by atoms with Crippen LogP contribution in [0.4, 0.5) is 0 Å². The normalized spacial score (nSPS) is 12.3. The van der Waals surface area contributed by atoms with Gasteiger partial charge in [0.05, 0.1) is 13.2 Å². The Morgan fingerprint density at radius 2 is 2.13 bits per heavy atom. The number of ketones is 1. The summed E-state index contributed by atoms with van der Waals surface area (Å²) in [6.07, 6.45) is 0. The predicted molar refractivity (Wildman–Crippen MR) is 60.6 cm³/mol. The zero-order valence-corrected chi connectivity index (χ0v) is 9.63. The van der Waals surface area contributed by atoms with Gasteiger partial charge in [0.15, 0.2) is 5.78 Å². The molecule has 0 bridgehead atoms. The van der Waals surface area contributed by atoms with Crippen molar-refractivity contribution in [2.45, 2.75) is 19.9 Å². The zero-order valence-electron chi connectivity index (χ0n) is 9.63. The van der Waals surface area contributed by atoms with Crippen molar-refractivity contribution in [2.24, 2.45) is 0 Å². The molecule has 0 aliphatic rings. The van der Waals surface area contributed by atoms with E-state index in [-0.39, 0.29) is 11.8 Å². The second-order valence-electron chi connectivity index (χ2n) is 3.56.